The zero-order chi connectivity index (χ0) is 37.1. The summed E-state index contributed by atoms with van der Waals surface area (Å²) in [5, 5.41) is 11.4. The van der Waals surface area contributed by atoms with E-state index in [1.54, 1.807) is 0 Å². The van der Waals surface area contributed by atoms with Crippen molar-refractivity contribution >= 4 is 60.1 Å². The monoisotopic (exact) mass is 714 g/mol. The Morgan fingerprint density at radius 2 is 1.07 bits per heavy atom. The van der Waals surface area contributed by atoms with Crippen LogP contribution in [-0.2, 0) is 11.8 Å². The molecule has 9 aromatic carbocycles. The van der Waals surface area contributed by atoms with E-state index in [-0.39, 0.29) is 5.41 Å². The fourth-order valence-electron chi connectivity index (χ4n) is 10.3. The minimum Gasteiger partial charge on any atom is -0.460 e. The van der Waals surface area contributed by atoms with Crippen LogP contribution in [0.4, 0.5) is 0 Å². The van der Waals surface area contributed by atoms with Gasteiger partial charge in [0.05, 0.1) is 0 Å². The molecule has 0 saturated carbocycles. The number of benzene rings is 9. The molecule has 0 aliphatic heterocycles. The molecule has 264 valence electrons. The van der Waals surface area contributed by atoms with Gasteiger partial charge < -0.3 is 4.42 Å². The van der Waals surface area contributed by atoms with Crippen molar-refractivity contribution in [1.82, 2.24) is 0 Å². The van der Waals surface area contributed by atoms with E-state index in [0.717, 1.165) is 24.2 Å². The zero-order valence-electron chi connectivity index (χ0n) is 31.5. The van der Waals surface area contributed by atoms with E-state index in [1.807, 2.05) is 0 Å². The van der Waals surface area contributed by atoms with Gasteiger partial charge in [0.2, 0.25) is 0 Å². The summed E-state index contributed by atoms with van der Waals surface area (Å²) >= 11 is 0. The molecule has 0 amide bonds. The molecule has 0 fully saturated rings. The van der Waals surface area contributed by atoms with Gasteiger partial charge in [-0.25, -0.2) is 0 Å². The smallest absolute Gasteiger partial charge is 0.135 e. The second kappa shape index (κ2) is 11.7. The van der Waals surface area contributed by atoms with Crippen molar-refractivity contribution in [3.63, 3.8) is 0 Å². The van der Waals surface area contributed by atoms with Crippen LogP contribution in [0, 0.1) is 0 Å². The molecule has 1 aromatic heterocycles. The van der Waals surface area contributed by atoms with Crippen molar-refractivity contribution in [3.05, 3.63) is 186 Å². The lowest BCUT2D eigenvalue weighted by molar-refractivity contribution is 0.546. The molecule has 0 spiro atoms. The van der Waals surface area contributed by atoms with E-state index in [1.165, 1.54) is 110 Å². The van der Waals surface area contributed by atoms with Crippen LogP contribution < -0.4 is 0 Å². The van der Waals surface area contributed by atoms with Crippen LogP contribution in [0.3, 0.4) is 0 Å². The Morgan fingerprint density at radius 1 is 0.446 bits per heavy atom. The molecule has 10 aromatic rings. The lowest BCUT2D eigenvalue weighted by atomic mass is 9.80. The van der Waals surface area contributed by atoms with Gasteiger partial charge in [-0.1, -0.05) is 166 Å². The van der Waals surface area contributed by atoms with E-state index >= 15 is 0 Å². The third-order valence-electron chi connectivity index (χ3n) is 12.9. The molecule has 0 radical (unpaired) electrons. The van der Waals surface area contributed by atoms with Gasteiger partial charge in [0.1, 0.15) is 11.3 Å². The quantitative estimate of drug-likeness (QED) is 0.166. The highest BCUT2D eigenvalue weighted by atomic mass is 16.3. The Bertz CT molecular complexity index is 3260. The normalized spacial score (nSPS) is 14.2. The minimum absolute atomic E-state index is 0.150. The first-order valence-corrected chi connectivity index (χ1v) is 19.9. The molecule has 1 heteroatoms. The van der Waals surface area contributed by atoms with Crippen LogP contribution >= 0.6 is 0 Å². The number of aryl methyl sites for hydroxylation is 1. The summed E-state index contributed by atoms with van der Waals surface area (Å²) < 4.78 is 6.48. The first-order valence-electron chi connectivity index (χ1n) is 19.9. The highest BCUT2D eigenvalue weighted by Crippen LogP contribution is 2.54. The van der Waals surface area contributed by atoms with Crippen molar-refractivity contribution in [1.29, 1.82) is 0 Å². The number of rotatable bonds is 3. The van der Waals surface area contributed by atoms with Crippen molar-refractivity contribution in [3.8, 4) is 44.5 Å². The van der Waals surface area contributed by atoms with E-state index in [0.29, 0.717) is 0 Å². The number of fused-ring (bicyclic) bond motifs is 11. The van der Waals surface area contributed by atoms with Gasteiger partial charge in [0, 0.05) is 22.8 Å². The van der Waals surface area contributed by atoms with Gasteiger partial charge in [-0.15, -0.1) is 0 Å². The van der Waals surface area contributed by atoms with Gasteiger partial charge in [0.15, 0.2) is 0 Å². The molecule has 1 nitrogen and oxygen atoms in total. The zero-order valence-corrected chi connectivity index (χ0v) is 31.5. The Labute approximate surface area is 326 Å². The molecule has 56 heavy (non-hydrogen) atoms. The highest BCUT2D eigenvalue weighted by molar-refractivity contribution is 6.24. The SMILES string of the molecule is CC1(C)c2cc(-c3ccc(-c4c5ccccc5c(-c5ccccc5)c5ccccc45)c4ccccc34)ccc2-c2c1ccc1cc3c4c(oc3cc21)CCC=C4. The van der Waals surface area contributed by atoms with Gasteiger partial charge in [-0.05, 0) is 123 Å². The topological polar surface area (TPSA) is 13.1 Å². The predicted molar refractivity (Wildman–Crippen MR) is 237 cm³/mol. The molecule has 2 aliphatic rings. The van der Waals surface area contributed by atoms with Crippen molar-refractivity contribution < 1.29 is 4.42 Å². The van der Waals surface area contributed by atoms with E-state index in [4.69, 9.17) is 4.42 Å². The predicted octanol–water partition coefficient (Wildman–Crippen LogP) is 15.3. The second-order valence-corrected chi connectivity index (χ2v) is 16.2. The largest absolute Gasteiger partial charge is 0.460 e. The minimum atomic E-state index is -0.150. The van der Waals surface area contributed by atoms with Gasteiger partial charge >= 0.3 is 0 Å². The van der Waals surface area contributed by atoms with Crippen LogP contribution in [0.5, 0.6) is 0 Å². The highest BCUT2D eigenvalue weighted by Gasteiger charge is 2.37. The fourth-order valence-corrected chi connectivity index (χ4v) is 10.3. The maximum atomic E-state index is 6.48. The first-order chi connectivity index (χ1) is 27.5. The van der Waals surface area contributed by atoms with Crippen molar-refractivity contribution in [2.24, 2.45) is 0 Å². The van der Waals surface area contributed by atoms with Crippen molar-refractivity contribution in [2.45, 2.75) is 32.1 Å². The summed E-state index contributed by atoms with van der Waals surface area (Å²) in [4.78, 5) is 0. The summed E-state index contributed by atoms with van der Waals surface area (Å²) in [6, 6.07) is 59.0. The number of allylic oxidation sites excluding steroid dienone is 1. The molecule has 12 rings (SSSR count). The van der Waals surface area contributed by atoms with Crippen LogP contribution in [0.1, 0.15) is 42.7 Å². The molecule has 0 atom stereocenters. The maximum Gasteiger partial charge on any atom is 0.135 e. The fraction of sp³-hybridized carbons (Fsp3) is 0.0909. The Morgan fingerprint density at radius 3 is 1.80 bits per heavy atom. The van der Waals surface area contributed by atoms with Gasteiger partial charge in [0.25, 0.3) is 0 Å². The molecule has 0 bridgehead atoms. The lowest BCUT2D eigenvalue weighted by Crippen LogP contribution is -2.15. The molecule has 0 unspecified atom stereocenters. The number of hydrogen-bond acceptors (Lipinski definition) is 1. The summed E-state index contributed by atoms with van der Waals surface area (Å²) in [5.74, 6) is 1.11. The van der Waals surface area contributed by atoms with E-state index in [2.05, 4.69) is 184 Å². The van der Waals surface area contributed by atoms with Gasteiger partial charge in [-0.2, -0.15) is 0 Å². The van der Waals surface area contributed by atoms with Gasteiger partial charge in [-0.3, -0.25) is 0 Å². The first kappa shape index (κ1) is 31.6. The molecule has 1 heterocycles. The standard InChI is InChI=1S/C55H38O/c1-55(2)48-29-25-34-30-47-39-18-12-13-23-50(39)56-51(47)32-46(34)54(48)45-26-24-35(31-49(45)55)36-27-28-44(38-17-7-6-16-37(36)38)53-42-21-10-8-19-40(42)52(33-14-4-3-5-15-33)41-20-9-11-22-43(41)53/h3-12,14-22,24-32H,13,23H2,1-2H3. The number of furan rings is 1. The summed E-state index contributed by atoms with van der Waals surface area (Å²) in [5.41, 5.74) is 15.1. The molecular weight excluding hydrogens is 677 g/mol. The Kier molecular flexibility index (Phi) is 6.58. The summed E-state index contributed by atoms with van der Waals surface area (Å²) in [6.45, 7) is 4.78. The summed E-state index contributed by atoms with van der Waals surface area (Å²) in [7, 11) is 0. The van der Waals surface area contributed by atoms with Crippen LogP contribution in [-0.4, -0.2) is 0 Å². The summed E-state index contributed by atoms with van der Waals surface area (Å²) in [6.07, 6.45) is 6.52. The lowest BCUT2D eigenvalue weighted by Gasteiger charge is -2.23. The van der Waals surface area contributed by atoms with Crippen LogP contribution in [0.15, 0.2) is 168 Å². The van der Waals surface area contributed by atoms with Crippen LogP contribution in [0.25, 0.3) is 105 Å². The molecular formula is C55H38O. The Balaban J connectivity index is 1.05. The average molecular weight is 715 g/mol. The van der Waals surface area contributed by atoms with E-state index in [9.17, 15) is 0 Å². The van der Waals surface area contributed by atoms with Crippen LogP contribution in [0.2, 0.25) is 0 Å². The Hall–Kier alpha value is -6.70. The number of hydrogen-bond donors (Lipinski definition) is 0. The second-order valence-electron chi connectivity index (χ2n) is 16.2. The molecule has 0 N–H and O–H groups in total. The third kappa shape index (κ3) is 4.37. The third-order valence-corrected chi connectivity index (χ3v) is 12.9. The maximum absolute atomic E-state index is 6.48. The molecule has 2 aliphatic carbocycles. The average Bonchev–Trinajstić information content (AvgIpc) is 3.72. The van der Waals surface area contributed by atoms with Crippen molar-refractivity contribution in [2.75, 3.05) is 0 Å². The molecule has 0 saturated heterocycles. The van der Waals surface area contributed by atoms with E-state index < -0.39 is 0 Å².